The summed E-state index contributed by atoms with van der Waals surface area (Å²) in [4.78, 5) is 37.5. The number of rotatable bonds is 5. The number of hydrogen-bond acceptors (Lipinski definition) is 6. The zero-order valence-electron chi connectivity index (χ0n) is 18.6. The Balaban J connectivity index is 1.36. The molecule has 0 aromatic heterocycles. The van der Waals surface area contributed by atoms with Crippen LogP contribution in [0.5, 0.6) is 0 Å². The molecule has 0 radical (unpaired) electrons. The summed E-state index contributed by atoms with van der Waals surface area (Å²) in [5, 5.41) is 0. The molecule has 29 heavy (non-hydrogen) atoms. The molecule has 4 fully saturated rings. The van der Waals surface area contributed by atoms with Gasteiger partial charge in [0.15, 0.2) is 6.61 Å². The maximum absolute atomic E-state index is 13.0. The average molecular weight is 407 g/mol. The fraction of sp³-hybridized carbons (Fsp3) is 0.870. The van der Waals surface area contributed by atoms with Gasteiger partial charge in [-0.2, -0.15) is 0 Å². The molecule has 8 atom stereocenters. The summed E-state index contributed by atoms with van der Waals surface area (Å²) >= 11 is 0. The highest BCUT2D eigenvalue weighted by atomic mass is 16.6. The zero-order valence-corrected chi connectivity index (χ0v) is 18.6. The van der Waals surface area contributed by atoms with Gasteiger partial charge in [-0.15, -0.1) is 0 Å². The minimum Gasteiger partial charge on any atom is -0.458 e. The van der Waals surface area contributed by atoms with Crippen LogP contribution in [-0.2, 0) is 28.6 Å². The molecule has 6 nitrogen and oxygen atoms in total. The zero-order chi connectivity index (χ0) is 21.5. The first-order valence-corrected chi connectivity index (χ1v) is 10.8. The number of carbonyl (C=O) groups excluding carboxylic acids is 3. The summed E-state index contributed by atoms with van der Waals surface area (Å²) in [6.45, 7) is 13.8. The molecule has 0 amide bonds. The van der Waals surface area contributed by atoms with Crippen molar-refractivity contribution < 1.29 is 28.6 Å². The molecular formula is C23H34O6. The molecular weight excluding hydrogens is 372 g/mol. The average Bonchev–Trinajstić information content (AvgIpc) is 2.82. The fourth-order valence-electron chi connectivity index (χ4n) is 6.29. The molecule has 1 aliphatic heterocycles. The lowest BCUT2D eigenvalue weighted by atomic mass is 9.61. The Morgan fingerprint density at radius 3 is 2.28 bits per heavy atom. The van der Waals surface area contributed by atoms with Crippen molar-refractivity contribution in [3.05, 3.63) is 0 Å². The van der Waals surface area contributed by atoms with Gasteiger partial charge in [-0.1, -0.05) is 41.5 Å². The quantitative estimate of drug-likeness (QED) is 0.514. The van der Waals surface area contributed by atoms with Crippen molar-refractivity contribution >= 4 is 17.9 Å². The van der Waals surface area contributed by atoms with E-state index in [4.69, 9.17) is 14.2 Å². The van der Waals surface area contributed by atoms with Crippen molar-refractivity contribution in [1.29, 1.82) is 0 Å². The number of fused-ring (bicyclic) bond motifs is 1. The van der Waals surface area contributed by atoms with Gasteiger partial charge in [0.25, 0.3) is 0 Å². The highest BCUT2D eigenvalue weighted by Crippen LogP contribution is 2.73. The molecule has 0 aromatic rings. The molecule has 1 heterocycles. The second kappa shape index (κ2) is 6.21. The van der Waals surface area contributed by atoms with Crippen molar-refractivity contribution in [2.24, 2.45) is 45.8 Å². The van der Waals surface area contributed by atoms with Gasteiger partial charge in [-0.05, 0) is 42.4 Å². The van der Waals surface area contributed by atoms with Crippen LogP contribution in [0.25, 0.3) is 0 Å². The van der Waals surface area contributed by atoms with Gasteiger partial charge < -0.3 is 14.2 Å². The molecule has 0 N–H and O–H groups in total. The molecule has 1 saturated heterocycles. The summed E-state index contributed by atoms with van der Waals surface area (Å²) < 4.78 is 16.6. The van der Waals surface area contributed by atoms with Gasteiger partial charge in [0.2, 0.25) is 0 Å². The third-order valence-corrected chi connectivity index (χ3v) is 7.94. The Morgan fingerprint density at radius 2 is 1.69 bits per heavy atom. The van der Waals surface area contributed by atoms with Gasteiger partial charge in [-0.25, -0.2) is 4.79 Å². The lowest BCUT2D eigenvalue weighted by molar-refractivity contribution is -0.178. The second-order valence-corrected chi connectivity index (χ2v) is 12.0. The van der Waals surface area contributed by atoms with E-state index < -0.39 is 18.0 Å². The van der Waals surface area contributed by atoms with Crippen LogP contribution in [-0.4, -0.2) is 36.7 Å². The normalized spacial score (nSPS) is 38.9. The molecule has 0 spiro atoms. The van der Waals surface area contributed by atoms with Crippen LogP contribution in [0.3, 0.4) is 0 Å². The minimum absolute atomic E-state index is 0.00216. The summed E-state index contributed by atoms with van der Waals surface area (Å²) in [5.74, 6) is 0.419. The standard InChI is InChI=1S/C23H34O6/c1-21(2,3)10-23(7,22(4,5)6)20(26)27-9-13(24)28-17-15-11-8-12-16(14(11)15)18(17)29-19(12)25/h11-12,14-18H,8-10H2,1-7H3. The summed E-state index contributed by atoms with van der Waals surface area (Å²) in [6, 6.07) is 0. The second-order valence-electron chi connectivity index (χ2n) is 12.0. The van der Waals surface area contributed by atoms with E-state index in [9.17, 15) is 14.4 Å². The number of hydrogen-bond donors (Lipinski definition) is 0. The van der Waals surface area contributed by atoms with Gasteiger partial charge in [0.1, 0.15) is 12.2 Å². The number of esters is 3. The van der Waals surface area contributed by atoms with Crippen molar-refractivity contribution in [2.75, 3.05) is 6.61 Å². The smallest absolute Gasteiger partial charge is 0.344 e. The van der Waals surface area contributed by atoms with Gasteiger partial charge in [0.05, 0.1) is 11.3 Å². The Hall–Kier alpha value is -1.59. The summed E-state index contributed by atoms with van der Waals surface area (Å²) in [6.07, 6.45) is 0.838. The van der Waals surface area contributed by atoms with E-state index in [0.717, 1.165) is 6.42 Å². The monoisotopic (exact) mass is 406 g/mol. The lowest BCUT2D eigenvalue weighted by Crippen LogP contribution is -2.45. The first kappa shape index (κ1) is 20.7. The van der Waals surface area contributed by atoms with Crippen molar-refractivity contribution in [3.63, 3.8) is 0 Å². The highest BCUT2D eigenvalue weighted by molar-refractivity contribution is 5.81. The van der Waals surface area contributed by atoms with Crippen molar-refractivity contribution in [3.8, 4) is 0 Å². The Labute approximate surface area is 173 Å². The highest BCUT2D eigenvalue weighted by Gasteiger charge is 2.78. The maximum Gasteiger partial charge on any atom is 0.344 e. The van der Waals surface area contributed by atoms with E-state index in [1.807, 2.05) is 27.7 Å². The topological polar surface area (TPSA) is 78.9 Å². The van der Waals surface area contributed by atoms with Crippen LogP contribution in [0.1, 0.15) is 61.3 Å². The molecule has 6 heteroatoms. The SMILES string of the molecule is CC(C)(C)CC(C)(C(=O)OCC(=O)OC1C2OC(=O)C3CC4C1C4C32)C(C)(C)C. The van der Waals surface area contributed by atoms with E-state index >= 15 is 0 Å². The lowest BCUT2D eigenvalue weighted by Gasteiger charge is -2.43. The van der Waals surface area contributed by atoms with E-state index in [0.29, 0.717) is 24.2 Å². The van der Waals surface area contributed by atoms with Gasteiger partial charge in [0, 0.05) is 11.8 Å². The van der Waals surface area contributed by atoms with E-state index in [-0.39, 0.29) is 46.8 Å². The maximum atomic E-state index is 13.0. The fourth-order valence-corrected chi connectivity index (χ4v) is 6.29. The van der Waals surface area contributed by atoms with Gasteiger partial charge in [-0.3, -0.25) is 9.59 Å². The minimum atomic E-state index is -0.728. The molecule has 4 aliphatic rings. The van der Waals surface area contributed by atoms with Crippen LogP contribution in [0.4, 0.5) is 0 Å². The molecule has 162 valence electrons. The molecule has 4 rings (SSSR count). The molecule has 0 bridgehead atoms. The van der Waals surface area contributed by atoms with Crippen LogP contribution in [0.2, 0.25) is 0 Å². The Kier molecular flexibility index (Phi) is 4.43. The predicted molar refractivity (Wildman–Crippen MR) is 104 cm³/mol. The van der Waals surface area contributed by atoms with Crippen molar-refractivity contribution in [2.45, 2.75) is 73.5 Å². The number of carbonyl (C=O) groups is 3. The first-order chi connectivity index (χ1) is 13.2. The van der Waals surface area contributed by atoms with Crippen LogP contribution in [0.15, 0.2) is 0 Å². The largest absolute Gasteiger partial charge is 0.458 e. The van der Waals surface area contributed by atoms with Crippen LogP contribution >= 0.6 is 0 Å². The third-order valence-electron chi connectivity index (χ3n) is 7.94. The predicted octanol–water partition coefficient (Wildman–Crippen LogP) is 3.37. The van der Waals surface area contributed by atoms with E-state index in [1.54, 1.807) is 0 Å². The number of ether oxygens (including phenoxy) is 3. The van der Waals surface area contributed by atoms with E-state index in [2.05, 4.69) is 20.8 Å². The third kappa shape index (κ3) is 3.17. The van der Waals surface area contributed by atoms with Crippen LogP contribution in [0, 0.1) is 45.8 Å². The summed E-state index contributed by atoms with van der Waals surface area (Å²) in [5.41, 5.74) is -1.11. The molecule has 3 saturated carbocycles. The molecule has 3 aliphatic carbocycles. The summed E-state index contributed by atoms with van der Waals surface area (Å²) in [7, 11) is 0. The van der Waals surface area contributed by atoms with Gasteiger partial charge >= 0.3 is 17.9 Å². The Morgan fingerprint density at radius 1 is 1.03 bits per heavy atom. The molecule has 8 unspecified atom stereocenters. The molecule has 0 aromatic carbocycles. The van der Waals surface area contributed by atoms with Crippen molar-refractivity contribution in [1.82, 2.24) is 0 Å². The van der Waals surface area contributed by atoms with E-state index in [1.165, 1.54) is 0 Å². The van der Waals surface area contributed by atoms with Crippen LogP contribution < -0.4 is 0 Å². The first-order valence-electron chi connectivity index (χ1n) is 10.8. The Bertz CT molecular complexity index is 743.